The summed E-state index contributed by atoms with van der Waals surface area (Å²) < 4.78 is 2.21. The molecule has 8 aromatic carbocycles. The first kappa shape index (κ1) is 34.9. The molecule has 0 saturated heterocycles. The fourth-order valence-corrected chi connectivity index (χ4v) is 10.9. The van der Waals surface area contributed by atoms with Crippen LogP contribution < -0.4 is 0 Å². The summed E-state index contributed by atoms with van der Waals surface area (Å²) in [6.07, 6.45) is 0. The number of hydrogen-bond donors (Lipinski definition) is 0. The number of hydrogen-bond acceptors (Lipinski definition) is 5. The van der Waals surface area contributed by atoms with Crippen molar-refractivity contribution >= 4 is 39.3 Å². The molecule has 12 rings (SSSR count). The highest BCUT2D eigenvalue weighted by Crippen LogP contribution is 2.63. The van der Waals surface area contributed by atoms with E-state index in [0.29, 0.717) is 40.0 Å². The smallest absolute Gasteiger partial charge is 0.200 e. The molecular weight excluding hydrogens is 765 g/mol. The average Bonchev–Trinajstić information content (AvgIpc) is 3.82. The first-order valence-electron chi connectivity index (χ1n) is 20.0. The predicted molar refractivity (Wildman–Crippen MR) is 243 cm³/mol. The molecule has 1 aliphatic heterocycles. The van der Waals surface area contributed by atoms with E-state index in [1.165, 1.54) is 32.0 Å². The molecule has 1 spiro atoms. The fraction of sp³-hybridized carbons (Fsp3) is 0.0185. The number of benzene rings is 8. The van der Waals surface area contributed by atoms with E-state index in [2.05, 4.69) is 119 Å². The summed E-state index contributed by atoms with van der Waals surface area (Å²) in [4.78, 5) is 21.3. The lowest BCUT2D eigenvalue weighted by Crippen LogP contribution is -2.31. The normalized spacial score (nSPS) is 13.0. The Balaban J connectivity index is 1.16. The number of rotatable bonds is 4. The van der Waals surface area contributed by atoms with Crippen molar-refractivity contribution in [1.29, 1.82) is 5.26 Å². The molecule has 2 aliphatic rings. The molecule has 282 valence electrons. The van der Waals surface area contributed by atoms with E-state index in [4.69, 9.17) is 21.5 Å². The fourth-order valence-electron chi connectivity index (χ4n) is 9.69. The van der Waals surface area contributed by atoms with Gasteiger partial charge in [0, 0.05) is 42.8 Å². The molecule has 0 radical (unpaired) electrons. The number of nitrogens with zero attached hydrogens (tertiary/aromatic N) is 6. The molecule has 0 unspecified atom stereocenters. The summed E-state index contributed by atoms with van der Waals surface area (Å²) in [5.74, 6) is 1.30. The summed E-state index contributed by atoms with van der Waals surface area (Å²) in [5.41, 5.74) is 12.0. The molecule has 3 heterocycles. The Kier molecular flexibility index (Phi) is 7.71. The number of aromatic nitrogens is 4. The molecular formula is C54H30N6S. The minimum atomic E-state index is -0.574. The molecule has 0 bridgehead atoms. The Morgan fingerprint density at radius 1 is 0.541 bits per heavy atom. The molecule has 10 aromatic rings. The summed E-state index contributed by atoms with van der Waals surface area (Å²) in [5, 5.41) is 13.3. The van der Waals surface area contributed by atoms with Gasteiger partial charge in [-0.3, -0.25) is 0 Å². The van der Waals surface area contributed by atoms with Gasteiger partial charge in [0.25, 0.3) is 0 Å². The van der Waals surface area contributed by atoms with Gasteiger partial charge in [0.05, 0.1) is 34.3 Å². The van der Waals surface area contributed by atoms with Gasteiger partial charge in [0.15, 0.2) is 23.2 Å². The Bertz CT molecular complexity index is 3440. The molecule has 1 aliphatic carbocycles. The minimum absolute atomic E-state index is 0.327. The zero-order valence-electron chi connectivity index (χ0n) is 32.4. The second-order valence-electron chi connectivity index (χ2n) is 15.3. The van der Waals surface area contributed by atoms with Crippen molar-refractivity contribution in [3.63, 3.8) is 0 Å². The highest BCUT2D eigenvalue weighted by Gasteiger charge is 2.51. The highest BCUT2D eigenvalue weighted by atomic mass is 32.2. The van der Waals surface area contributed by atoms with E-state index in [-0.39, 0.29) is 0 Å². The van der Waals surface area contributed by atoms with E-state index in [9.17, 15) is 5.26 Å². The van der Waals surface area contributed by atoms with Crippen LogP contribution in [0.15, 0.2) is 192 Å². The lowest BCUT2D eigenvalue weighted by atomic mass is 9.67. The molecule has 0 amide bonds. The van der Waals surface area contributed by atoms with E-state index in [1.807, 2.05) is 84.6 Å². The zero-order valence-corrected chi connectivity index (χ0v) is 33.2. The Morgan fingerprint density at radius 2 is 1.11 bits per heavy atom. The van der Waals surface area contributed by atoms with Crippen molar-refractivity contribution in [1.82, 2.24) is 19.5 Å². The first-order chi connectivity index (χ1) is 30.2. The molecule has 0 fully saturated rings. The van der Waals surface area contributed by atoms with E-state index < -0.39 is 5.41 Å². The third kappa shape index (κ3) is 4.99. The topological polar surface area (TPSA) is 71.8 Å². The Morgan fingerprint density at radius 3 is 1.77 bits per heavy atom. The third-order valence-corrected chi connectivity index (χ3v) is 13.3. The molecule has 61 heavy (non-hydrogen) atoms. The largest absolute Gasteiger partial charge is 0.309 e. The van der Waals surface area contributed by atoms with Crippen LogP contribution in [-0.2, 0) is 5.41 Å². The van der Waals surface area contributed by atoms with Gasteiger partial charge in [-0.1, -0.05) is 163 Å². The quantitative estimate of drug-likeness (QED) is 0.166. The van der Waals surface area contributed by atoms with Crippen LogP contribution in [0.25, 0.3) is 77.6 Å². The predicted octanol–water partition coefficient (Wildman–Crippen LogP) is 13.2. The second kappa shape index (κ2) is 13.5. The third-order valence-electron chi connectivity index (χ3n) is 12.2. The Hall–Kier alpha value is -8.10. The van der Waals surface area contributed by atoms with Gasteiger partial charge in [0.1, 0.15) is 6.07 Å². The van der Waals surface area contributed by atoms with Crippen LogP contribution in [0.4, 0.5) is 5.69 Å². The molecule has 0 saturated carbocycles. The average molecular weight is 795 g/mol. The molecule has 0 N–H and O–H groups in total. The standard InChI is InChI=1S/C54H30N6S/c1-56-44-31-46(35(32-55)30-39(44)53-58-51(33-16-4-2-5-17-33)57-52(59-53)34-18-6-3-7-19-34)60-45-25-13-9-20-36(45)37-28-29-43-49(50(37)60)38-21-8-10-22-40(38)54(43)41-23-11-14-26-47(41)61-48-27-15-12-24-42(48)54/h2-31H. The first-order valence-corrected chi connectivity index (χ1v) is 20.9. The Labute approximate surface area is 355 Å². The SMILES string of the molecule is [C-]#[N+]c1cc(-n2c3ccccc3c3ccc4c(c32)-c2ccccc2C42c3ccccc3Sc3ccccc32)c(C#N)cc1-c1nc(-c2ccccc2)nc(-c2ccccc2)n1. The van der Waals surface area contributed by atoms with Crippen molar-refractivity contribution in [3.05, 3.63) is 221 Å². The van der Waals surface area contributed by atoms with Crippen LogP contribution in [0.5, 0.6) is 0 Å². The molecule has 2 aromatic heterocycles. The summed E-state index contributed by atoms with van der Waals surface area (Å²) in [6.45, 7) is 8.59. The van der Waals surface area contributed by atoms with Crippen molar-refractivity contribution in [2.24, 2.45) is 0 Å². The van der Waals surface area contributed by atoms with E-state index in [1.54, 1.807) is 6.07 Å². The maximum Gasteiger partial charge on any atom is 0.200 e. The number of nitriles is 1. The van der Waals surface area contributed by atoms with Crippen molar-refractivity contribution in [2.45, 2.75) is 15.2 Å². The van der Waals surface area contributed by atoms with Crippen LogP contribution >= 0.6 is 11.8 Å². The lowest BCUT2D eigenvalue weighted by Gasteiger charge is -2.39. The van der Waals surface area contributed by atoms with Gasteiger partial charge in [-0.05, 0) is 58.1 Å². The summed E-state index contributed by atoms with van der Waals surface area (Å²) >= 11 is 1.82. The monoisotopic (exact) mass is 794 g/mol. The van der Waals surface area contributed by atoms with Crippen LogP contribution in [0.1, 0.15) is 27.8 Å². The maximum absolute atomic E-state index is 11.1. The van der Waals surface area contributed by atoms with E-state index in [0.717, 1.165) is 44.1 Å². The van der Waals surface area contributed by atoms with Crippen LogP contribution in [0.2, 0.25) is 0 Å². The van der Waals surface area contributed by atoms with Crippen molar-refractivity contribution in [2.75, 3.05) is 0 Å². The van der Waals surface area contributed by atoms with Gasteiger partial charge in [-0.25, -0.2) is 19.8 Å². The lowest BCUT2D eigenvalue weighted by molar-refractivity contribution is 0.723. The summed E-state index contributed by atoms with van der Waals surface area (Å²) in [6, 6.07) is 65.0. The second-order valence-corrected chi connectivity index (χ2v) is 16.4. The van der Waals surface area contributed by atoms with Gasteiger partial charge in [-0.2, -0.15) is 5.26 Å². The molecule has 0 atom stereocenters. The van der Waals surface area contributed by atoms with Gasteiger partial charge < -0.3 is 4.57 Å². The van der Waals surface area contributed by atoms with Gasteiger partial charge >= 0.3 is 0 Å². The van der Waals surface area contributed by atoms with Crippen molar-refractivity contribution in [3.8, 4) is 57.0 Å². The van der Waals surface area contributed by atoms with Crippen LogP contribution in [0, 0.1) is 17.9 Å². The van der Waals surface area contributed by atoms with Crippen molar-refractivity contribution < 1.29 is 0 Å². The van der Waals surface area contributed by atoms with Gasteiger partial charge in [-0.15, -0.1) is 0 Å². The minimum Gasteiger partial charge on any atom is -0.309 e. The molecule has 6 nitrogen and oxygen atoms in total. The molecule has 7 heteroatoms. The number of para-hydroxylation sites is 1. The summed E-state index contributed by atoms with van der Waals surface area (Å²) in [7, 11) is 0. The van der Waals surface area contributed by atoms with E-state index >= 15 is 0 Å². The maximum atomic E-state index is 11.1. The van der Waals surface area contributed by atoms with Crippen LogP contribution in [-0.4, -0.2) is 19.5 Å². The highest BCUT2D eigenvalue weighted by molar-refractivity contribution is 7.99. The zero-order chi connectivity index (χ0) is 40.7. The van der Waals surface area contributed by atoms with Gasteiger partial charge in [0.2, 0.25) is 0 Å². The van der Waals surface area contributed by atoms with Crippen LogP contribution in [0.3, 0.4) is 0 Å². The number of fused-ring (bicyclic) bond motifs is 13.